The molecule has 6 nitrogen and oxygen atoms in total. The van der Waals surface area contributed by atoms with Crippen molar-refractivity contribution in [2.24, 2.45) is 0 Å². The number of hydrogen-bond acceptors (Lipinski definition) is 4. The lowest BCUT2D eigenvalue weighted by Gasteiger charge is -2.16. The average Bonchev–Trinajstić information content (AvgIpc) is 2.72. The van der Waals surface area contributed by atoms with Crippen LogP contribution in [0.1, 0.15) is 36.5 Å². The Hall–Kier alpha value is -3.22. The van der Waals surface area contributed by atoms with E-state index in [-0.39, 0.29) is 31.1 Å². The highest BCUT2D eigenvalue weighted by Gasteiger charge is 2.15. The van der Waals surface area contributed by atoms with Gasteiger partial charge in [0, 0.05) is 31.1 Å². The molecule has 0 radical (unpaired) electrons. The van der Waals surface area contributed by atoms with Gasteiger partial charge in [-0.25, -0.2) is 4.39 Å². The smallest absolute Gasteiger partial charge is 0.243 e. The number of nitrogens with zero attached hydrogens (tertiary/aromatic N) is 1. The standard InChI is InChI=1S/C22H25FN2O4/c1-3-14-29-19-10-4-16(5-11-19)20(26)12-13-22(28)25(2)15-21(27)24-18-8-6-17(23)7-9-18/h4-11H,3,12-15H2,1-2H3,(H,24,27). The van der Waals surface area contributed by atoms with E-state index in [1.54, 1.807) is 24.3 Å². The number of benzene rings is 2. The summed E-state index contributed by atoms with van der Waals surface area (Å²) in [7, 11) is 1.50. The van der Waals surface area contributed by atoms with Crippen LogP contribution in [0.25, 0.3) is 0 Å². The van der Waals surface area contributed by atoms with Crippen LogP contribution < -0.4 is 10.1 Å². The van der Waals surface area contributed by atoms with E-state index in [0.717, 1.165) is 6.42 Å². The Bertz CT molecular complexity index is 835. The number of ether oxygens (including phenoxy) is 1. The van der Waals surface area contributed by atoms with Crippen LogP contribution in [0.2, 0.25) is 0 Å². The van der Waals surface area contributed by atoms with E-state index < -0.39 is 11.7 Å². The second-order valence-corrected chi connectivity index (χ2v) is 6.60. The third-order valence-corrected chi connectivity index (χ3v) is 4.15. The number of anilines is 1. The Labute approximate surface area is 169 Å². The van der Waals surface area contributed by atoms with Crippen molar-refractivity contribution in [1.29, 1.82) is 0 Å². The van der Waals surface area contributed by atoms with Gasteiger partial charge in [0.05, 0.1) is 13.2 Å². The van der Waals surface area contributed by atoms with Crippen LogP contribution in [0, 0.1) is 5.82 Å². The number of carbonyl (C=O) groups excluding carboxylic acids is 3. The Morgan fingerprint density at radius 1 is 1.00 bits per heavy atom. The third-order valence-electron chi connectivity index (χ3n) is 4.15. The highest BCUT2D eigenvalue weighted by molar-refractivity contribution is 5.99. The first kappa shape index (κ1) is 22.1. The first-order chi connectivity index (χ1) is 13.9. The number of ketones is 1. The molecule has 0 aliphatic carbocycles. The van der Waals surface area contributed by atoms with Crippen LogP contribution >= 0.6 is 0 Å². The van der Waals surface area contributed by atoms with Gasteiger partial charge in [-0.05, 0) is 55.0 Å². The summed E-state index contributed by atoms with van der Waals surface area (Å²) in [6.07, 6.45) is 0.962. The van der Waals surface area contributed by atoms with Crippen molar-refractivity contribution in [2.45, 2.75) is 26.2 Å². The summed E-state index contributed by atoms with van der Waals surface area (Å²) in [4.78, 5) is 37.7. The predicted molar refractivity (Wildman–Crippen MR) is 108 cm³/mol. The summed E-state index contributed by atoms with van der Waals surface area (Å²) >= 11 is 0. The summed E-state index contributed by atoms with van der Waals surface area (Å²) in [6.45, 7) is 2.47. The average molecular weight is 400 g/mol. The Morgan fingerprint density at radius 3 is 2.28 bits per heavy atom. The minimum absolute atomic E-state index is 0.00719. The van der Waals surface area contributed by atoms with E-state index in [0.29, 0.717) is 23.6 Å². The molecule has 7 heteroatoms. The topological polar surface area (TPSA) is 75.7 Å². The van der Waals surface area contributed by atoms with E-state index in [1.807, 2.05) is 6.92 Å². The van der Waals surface area contributed by atoms with Crippen molar-refractivity contribution in [3.8, 4) is 5.75 Å². The van der Waals surface area contributed by atoms with Gasteiger partial charge in [-0.15, -0.1) is 0 Å². The molecule has 0 unspecified atom stereocenters. The molecule has 0 aromatic heterocycles. The molecule has 0 aliphatic rings. The van der Waals surface area contributed by atoms with E-state index >= 15 is 0 Å². The molecule has 154 valence electrons. The molecule has 29 heavy (non-hydrogen) atoms. The van der Waals surface area contributed by atoms with Crippen molar-refractivity contribution in [3.63, 3.8) is 0 Å². The van der Waals surface area contributed by atoms with Gasteiger partial charge in [0.25, 0.3) is 0 Å². The van der Waals surface area contributed by atoms with E-state index in [1.165, 1.54) is 36.2 Å². The minimum Gasteiger partial charge on any atom is -0.494 e. The molecule has 0 saturated heterocycles. The predicted octanol–water partition coefficient (Wildman–Crippen LogP) is 3.67. The first-order valence-corrected chi connectivity index (χ1v) is 9.44. The second kappa shape index (κ2) is 10.9. The van der Waals surface area contributed by atoms with Gasteiger partial charge in [-0.1, -0.05) is 6.92 Å². The molecular formula is C22H25FN2O4. The quantitative estimate of drug-likeness (QED) is 0.618. The number of Topliss-reactive ketones (excluding diaryl/α,β-unsaturated/α-hetero) is 1. The molecule has 0 saturated carbocycles. The van der Waals surface area contributed by atoms with E-state index in [2.05, 4.69) is 5.32 Å². The lowest BCUT2D eigenvalue weighted by molar-refractivity contribution is -0.133. The number of rotatable bonds is 10. The van der Waals surface area contributed by atoms with Gasteiger partial charge >= 0.3 is 0 Å². The molecule has 0 fully saturated rings. The van der Waals surface area contributed by atoms with Crippen molar-refractivity contribution in [3.05, 3.63) is 59.9 Å². The van der Waals surface area contributed by atoms with Gasteiger partial charge < -0.3 is 15.0 Å². The van der Waals surface area contributed by atoms with Gasteiger partial charge in [0.1, 0.15) is 11.6 Å². The van der Waals surface area contributed by atoms with Crippen molar-refractivity contribution in [1.82, 2.24) is 4.90 Å². The Morgan fingerprint density at radius 2 is 1.66 bits per heavy atom. The third kappa shape index (κ3) is 7.37. The zero-order valence-electron chi connectivity index (χ0n) is 16.6. The molecule has 2 aromatic carbocycles. The highest BCUT2D eigenvalue weighted by Crippen LogP contribution is 2.15. The highest BCUT2D eigenvalue weighted by atomic mass is 19.1. The molecule has 0 aliphatic heterocycles. The van der Waals surface area contributed by atoms with Crippen LogP contribution in [0.3, 0.4) is 0 Å². The molecule has 1 N–H and O–H groups in total. The van der Waals surface area contributed by atoms with Crippen molar-refractivity contribution in [2.75, 3.05) is 25.5 Å². The zero-order chi connectivity index (χ0) is 21.2. The lowest BCUT2D eigenvalue weighted by atomic mass is 10.1. The normalized spacial score (nSPS) is 10.3. The van der Waals surface area contributed by atoms with Gasteiger partial charge in [-0.3, -0.25) is 14.4 Å². The molecule has 2 amide bonds. The number of halogens is 1. The molecular weight excluding hydrogens is 375 g/mol. The fourth-order valence-electron chi connectivity index (χ4n) is 2.55. The maximum Gasteiger partial charge on any atom is 0.243 e. The van der Waals surface area contributed by atoms with Gasteiger partial charge in [0.2, 0.25) is 11.8 Å². The molecule has 2 rings (SSSR count). The van der Waals surface area contributed by atoms with Crippen LogP contribution in [0.4, 0.5) is 10.1 Å². The molecule has 0 heterocycles. The zero-order valence-corrected chi connectivity index (χ0v) is 16.6. The lowest BCUT2D eigenvalue weighted by Crippen LogP contribution is -2.35. The van der Waals surface area contributed by atoms with Gasteiger partial charge in [-0.2, -0.15) is 0 Å². The van der Waals surface area contributed by atoms with Crippen LogP contribution in [0.5, 0.6) is 5.75 Å². The molecule has 2 aromatic rings. The van der Waals surface area contributed by atoms with Crippen LogP contribution in [0.15, 0.2) is 48.5 Å². The summed E-state index contributed by atoms with van der Waals surface area (Å²) in [5, 5.41) is 2.59. The van der Waals surface area contributed by atoms with Gasteiger partial charge in [0.15, 0.2) is 5.78 Å². The molecule has 0 spiro atoms. The summed E-state index contributed by atoms with van der Waals surface area (Å²) in [5.74, 6) is -0.559. The summed E-state index contributed by atoms with van der Waals surface area (Å²) in [5.41, 5.74) is 0.956. The Kier molecular flexibility index (Phi) is 8.33. The SMILES string of the molecule is CCCOc1ccc(C(=O)CCC(=O)N(C)CC(=O)Nc2ccc(F)cc2)cc1. The fraction of sp³-hybridized carbons (Fsp3) is 0.318. The Balaban J connectivity index is 1.77. The fourth-order valence-corrected chi connectivity index (χ4v) is 2.55. The molecule has 0 bridgehead atoms. The van der Waals surface area contributed by atoms with Crippen LogP contribution in [-0.4, -0.2) is 42.7 Å². The second-order valence-electron chi connectivity index (χ2n) is 6.60. The van der Waals surface area contributed by atoms with E-state index in [9.17, 15) is 18.8 Å². The minimum atomic E-state index is -0.401. The number of hydrogen-bond donors (Lipinski definition) is 1. The molecule has 0 atom stereocenters. The van der Waals surface area contributed by atoms with Crippen LogP contribution in [-0.2, 0) is 9.59 Å². The number of amides is 2. The van der Waals surface area contributed by atoms with Crippen molar-refractivity contribution < 1.29 is 23.5 Å². The largest absolute Gasteiger partial charge is 0.494 e. The maximum atomic E-state index is 12.9. The first-order valence-electron chi connectivity index (χ1n) is 9.44. The number of likely N-dealkylation sites (N-methyl/N-ethyl adjacent to an activating group) is 1. The van der Waals surface area contributed by atoms with E-state index in [4.69, 9.17) is 4.74 Å². The summed E-state index contributed by atoms with van der Waals surface area (Å²) in [6, 6.07) is 12.2. The monoisotopic (exact) mass is 400 g/mol. The number of carbonyl (C=O) groups is 3. The summed E-state index contributed by atoms with van der Waals surface area (Å²) < 4.78 is 18.4. The van der Waals surface area contributed by atoms with Crippen molar-refractivity contribution >= 4 is 23.3 Å². The maximum absolute atomic E-state index is 12.9. The number of nitrogens with one attached hydrogen (secondary N) is 1.